The van der Waals surface area contributed by atoms with E-state index in [9.17, 15) is 16.4 Å². The predicted octanol–water partition coefficient (Wildman–Crippen LogP) is 23.5. The van der Waals surface area contributed by atoms with Crippen molar-refractivity contribution in [2.45, 2.75) is 26.2 Å². The Bertz CT molecular complexity index is 6910. The fourth-order valence-electron chi connectivity index (χ4n) is 16.1. The summed E-state index contributed by atoms with van der Waals surface area (Å²) in [5, 5.41) is 1.55. The summed E-state index contributed by atoms with van der Waals surface area (Å²) in [7, 11) is 0. The van der Waals surface area contributed by atoms with Crippen LogP contribution in [-0.4, -0.2) is 15.8 Å². The van der Waals surface area contributed by atoms with E-state index in [1.54, 1.807) is 9.13 Å². The number of benzene rings is 15. The zero-order valence-electron chi connectivity index (χ0n) is 70.2. The summed E-state index contributed by atoms with van der Waals surface area (Å²) < 4.78 is 161. The molecule has 0 saturated heterocycles. The number of hydrogen-bond acceptors (Lipinski definition) is 3. The van der Waals surface area contributed by atoms with Crippen molar-refractivity contribution in [2.24, 2.45) is 0 Å². The van der Waals surface area contributed by atoms with Gasteiger partial charge in [-0.05, 0) is 169 Å². The molecule has 0 saturated carbocycles. The van der Waals surface area contributed by atoms with E-state index in [1.165, 1.54) is 0 Å². The molecule has 21 rings (SSSR count). The number of aromatic nitrogens is 2. The standard InChI is InChI=1S/C94H63BN4O/c1-94(2,3)66-54-87-91-88(55-66)99-86-57-68(97-83-40-16-12-32-75(83)76-33-13-17-41-84(76)97)45-47-80(86)95(91)79-46-44-67(96-81-38-14-10-30-73(81)74-31-11-15-39-82(74)96)56-85(79)98(87)92-69(58-22-6-4-7-23-58)34-20-36-71(92)64-28-18-26-60(50-64)62-42-48-89-77(52-62)78-53-63(43-49-90(78)100-89)61-27-19-29-65(51-61)72-37-21-35-70(93(72)99)59-24-8-5-9-25-59/h4-57H,1-3H3/i10D,11D,12D,13D,14D,15D,16D,17D,30D,31D,32D,33D,38D,39D,40D,41D. The van der Waals surface area contributed by atoms with Crippen LogP contribution in [0.4, 0.5) is 34.1 Å². The Balaban J connectivity index is 0.981. The number of fused-ring (bicyclic) bond motifs is 26. The van der Waals surface area contributed by atoms with Gasteiger partial charge in [0.25, 0.3) is 6.71 Å². The number of furan rings is 1. The Morgan fingerprint density at radius 2 is 0.670 bits per heavy atom. The minimum atomic E-state index is -0.764. The monoisotopic (exact) mass is 1290 g/mol. The average molecular weight is 1290 g/mol. The molecule has 3 aromatic heterocycles. The van der Waals surface area contributed by atoms with Gasteiger partial charge in [0.15, 0.2) is 0 Å². The summed E-state index contributed by atoms with van der Waals surface area (Å²) in [6.45, 7) is 5.76. The van der Waals surface area contributed by atoms with E-state index in [0.717, 1.165) is 133 Å². The van der Waals surface area contributed by atoms with Gasteiger partial charge < -0.3 is 23.4 Å². The van der Waals surface area contributed by atoms with E-state index in [1.807, 2.05) is 84.9 Å². The van der Waals surface area contributed by atoms with Crippen molar-refractivity contribution in [3.8, 4) is 78.1 Å². The van der Waals surface area contributed by atoms with Gasteiger partial charge in [-0.1, -0.05) is 251 Å². The fourth-order valence-corrected chi connectivity index (χ4v) is 16.1. The zero-order valence-corrected chi connectivity index (χ0v) is 54.2. The number of nitrogens with zero attached hydrogens (tertiary/aromatic N) is 4. The molecule has 468 valence electrons. The van der Waals surface area contributed by atoms with Gasteiger partial charge in [-0.3, -0.25) is 0 Å². The van der Waals surface area contributed by atoms with E-state index in [0.29, 0.717) is 22.7 Å². The molecule has 100 heavy (non-hydrogen) atoms. The summed E-state index contributed by atoms with van der Waals surface area (Å²) in [6.07, 6.45) is 0. The molecular formula is C94H63BN4O. The Morgan fingerprint density at radius 3 is 1.08 bits per heavy atom. The van der Waals surface area contributed by atoms with Gasteiger partial charge in [-0.25, -0.2) is 0 Å². The minimum Gasteiger partial charge on any atom is -0.456 e. The number of anilines is 6. The van der Waals surface area contributed by atoms with Crippen LogP contribution in [0.3, 0.4) is 0 Å². The highest BCUT2D eigenvalue weighted by Crippen LogP contribution is 2.55. The Kier molecular flexibility index (Phi) is 9.18. The van der Waals surface area contributed by atoms with Gasteiger partial charge in [-0.15, -0.1) is 0 Å². The van der Waals surface area contributed by atoms with Gasteiger partial charge in [0, 0.05) is 88.7 Å². The van der Waals surface area contributed by atoms with Crippen LogP contribution in [0.15, 0.2) is 332 Å². The molecule has 18 aromatic rings. The first-order chi connectivity index (χ1) is 55.9. The van der Waals surface area contributed by atoms with Crippen molar-refractivity contribution < 1.29 is 26.3 Å². The minimum absolute atomic E-state index is 0.0539. The van der Waals surface area contributed by atoms with Gasteiger partial charge in [0.1, 0.15) is 11.2 Å². The smallest absolute Gasteiger partial charge is 0.252 e. The van der Waals surface area contributed by atoms with Gasteiger partial charge in [-0.2, -0.15) is 0 Å². The second-order valence-electron chi connectivity index (χ2n) is 27.2. The van der Waals surface area contributed by atoms with E-state index >= 15 is 0 Å². The molecule has 13 bridgehead atoms. The number of rotatable bonds is 4. The van der Waals surface area contributed by atoms with Crippen LogP contribution in [0, 0.1) is 0 Å². The lowest BCUT2D eigenvalue weighted by atomic mass is 9.33. The topological polar surface area (TPSA) is 29.5 Å². The van der Waals surface area contributed by atoms with E-state index in [4.69, 9.17) is 9.90 Å². The number of para-hydroxylation sites is 6. The molecule has 0 radical (unpaired) electrons. The Hall–Kier alpha value is -12.6. The van der Waals surface area contributed by atoms with Crippen LogP contribution < -0.4 is 26.2 Å². The van der Waals surface area contributed by atoms with Crippen molar-refractivity contribution in [3.05, 3.63) is 333 Å². The molecule has 5 nitrogen and oxygen atoms in total. The largest absolute Gasteiger partial charge is 0.456 e. The highest BCUT2D eigenvalue weighted by molar-refractivity contribution is 7.00. The summed E-state index contributed by atoms with van der Waals surface area (Å²) in [4.78, 5) is 4.64. The quantitative estimate of drug-likeness (QED) is 0.165. The first-order valence-electron chi connectivity index (χ1n) is 41.5. The second-order valence-corrected chi connectivity index (χ2v) is 27.2. The normalized spacial score (nSPS) is 15.1. The average Bonchev–Trinajstić information content (AvgIpc) is 0.798. The third-order valence-electron chi connectivity index (χ3n) is 20.7. The van der Waals surface area contributed by atoms with E-state index in [2.05, 4.69) is 176 Å². The lowest BCUT2D eigenvalue weighted by Gasteiger charge is -2.46. The molecule has 15 aromatic carbocycles. The van der Waals surface area contributed by atoms with Gasteiger partial charge in [0.2, 0.25) is 0 Å². The summed E-state index contributed by atoms with van der Waals surface area (Å²) in [6, 6.07) is 70.7. The molecule has 3 aliphatic rings. The van der Waals surface area contributed by atoms with Crippen LogP contribution in [0.2, 0.25) is 0 Å². The molecule has 0 amide bonds. The summed E-state index contributed by atoms with van der Waals surface area (Å²) >= 11 is 0. The first-order valence-corrected chi connectivity index (χ1v) is 33.5. The van der Waals surface area contributed by atoms with Gasteiger partial charge in [0.05, 0.1) is 55.4 Å². The molecule has 0 unspecified atom stereocenters. The van der Waals surface area contributed by atoms with Crippen LogP contribution in [0.25, 0.3) is 144 Å². The maximum absolute atomic E-state index is 9.86. The first kappa shape index (κ1) is 42.8. The highest BCUT2D eigenvalue weighted by atomic mass is 16.3. The Morgan fingerprint density at radius 1 is 0.310 bits per heavy atom. The summed E-state index contributed by atoms with van der Waals surface area (Å²) in [5.41, 5.74) is 19.1. The predicted molar refractivity (Wildman–Crippen MR) is 421 cm³/mol. The second kappa shape index (κ2) is 21.4. The van der Waals surface area contributed by atoms with E-state index in [-0.39, 0.29) is 43.6 Å². The van der Waals surface area contributed by atoms with Crippen molar-refractivity contribution in [1.29, 1.82) is 0 Å². The fraction of sp³-hybridized carbons (Fsp3) is 0.0426. The lowest BCUT2D eigenvalue weighted by molar-refractivity contribution is 0.590. The van der Waals surface area contributed by atoms with Gasteiger partial charge >= 0.3 is 0 Å². The van der Waals surface area contributed by atoms with Crippen molar-refractivity contribution >= 4 is 123 Å². The molecule has 3 aliphatic heterocycles. The van der Waals surface area contributed by atoms with E-state index < -0.39 is 109 Å². The van der Waals surface area contributed by atoms with Crippen LogP contribution in [0.1, 0.15) is 48.3 Å². The van der Waals surface area contributed by atoms with Crippen molar-refractivity contribution in [2.75, 3.05) is 9.80 Å². The molecule has 0 fully saturated rings. The van der Waals surface area contributed by atoms with Crippen LogP contribution in [0.5, 0.6) is 0 Å². The maximum atomic E-state index is 9.86. The third-order valence-corrected chi connectivity index (χ3v) is 20.7. The third kappa shape index (κ3) is 8.37. The van der Waals surface area contributed by atoms with Crippen LogP contribution >= 0.6 is 0 Å². The summed E-state index contributed by atoms with van der Waals surface area (Å²) in [5.74, 6) is 0. The molecule has 0 spiro atoms. The van der Waals surface area contributed by atoms with Crippen molar-refractivity contribution in [3.63, 3.8) is 0 Å². The molecular weight excluding hydrogens is 1210 g/mol. The molecule has 0 N–H and O–H groups in total. The highest BCUT2D eigenvalue weighted by Gasteiger charge is 2.46. The zero-order chi connectivity index (χ0) is 80.0. The Labute approximate surface area is 602 Å². The number of hydrogen-bond donors (Lipinski definition) is 0. The van der Waals surface area contributed by atoms with Crippen molar-refractivity contribution in [1.82, 2.24) is 9.13 Å². The lowest BCUT2D eigenvalue weighted by Crippen LogP contribution is -2.61. The molecule has 6 heteroatoms. The maximum Gasteiger partial charge on any atom is 0.252 e. The molecule has 0 atom stereocenters. The molecule has 0 aliphatic carbocycles. The molecule has 6 heterocycles. The van der Waals surface area contributed by atoms with Crippen LogP contribution in [-0.2, 0) is 5.41 Å². The SMILES string of the molecule is [2H]c1c([2H])c([2H])c2c(c1[2H])c1c([2H])c([2H])c([2H])c([2H])c1n2-c1ccc2c(c1)N1c3cc(C(C)(C)C)cc4c3B2c2ccc(-n3c5c([2H])c([2H])c([2H])c([2H])c5c5c([2H])c([2H])c([2H])c([2H])c53)cc2N4c2c(-c3ccccc3)cccc2-c2cccc(c2)-c2ccc3oc4ccc(cc4c3c2)-c2cccc(c2)-c2cccc(-c3ccccc3)c21.